The molecule has 2 atom stereocenters. The molecule has 36 heavy (non-hydrogen) atoms. The molecule has 1 aromatic carbocycles. The first kappa shape index (κ1) is 24.1. The Morgan fingerprint density at radius 2 is 1.94 bits per heavy atom. The van der Waals surface area contributed by atoms with Crippen molar-refractivity contribution >= 4 is 22.5 Å². The van der Waals surface area contributed by atoms with Crippen LogP contribution in [0.15, 0.2) is 47.3 Å². The number of piperidine rings is 1. The predicted octanol–water partition coefficient (Wildman–Crippen LogP) is 4.96. The van der Waals surface area contributed by atoms with Crippen LogP contribution in [0.5, 0.6) is 5.75 Å². The second-order valence-electron chi connectivity index (χ2n) is 9.31. The van der Waals surface area contributed by atoms with Gasteiger partial charge in [-0.05, 0) is 49.1 Å². The fourth-order valence-corrected chi connectivity index (χ4v) is 4.48. The van der Waals surface area contributed by atoms with Crippen molar-refractivity contribution in [1.29, 1.82) is 0 Å². The van der Waals surface area contributed by atoms with Crippen molar-refractivity contribution < 1.29 is 22.6 Å². The Morgan fingerprint density at radius 3 is 2.67 bits per heavy atom. The van der Waals surface area contributed by atoms with Gasteiger partial charge in [-0.25, -0.2) is 0 Å². The average molecular weight is 499 g/mol. The van der Waals surface area contributed by atoms with Crippen LogP contribution in [-0.4, -0.2) is 41.5 Å². The van der Waals surface area contributed by atoms with Crippen LogP contribution in [0.3, 0.4) is 0 Å². The third-order valence-corrected chi connectivity index (χ3v) is 6.70. The van der Waals surface area contributed by atoms with Crippen molar-refractivity contribution in [2.75, 3.05) is 24.6 Å². The van der Waals surface area contributed by atoms with E-state index in [9.17, 15) is 18.0 Å². The molecule has 0 bridgehead atoms. The van der Waals surface area contributed by atoms with Crippen LogP contribution in [0, 0.1) is 12.5 Å². The molecule has 5 rings (SSSR count). The summed E-state index contributed by atoms with van der Waals surface area (Å²) in [6.45, 7) is 8.74. The van der Waals surface area contributed by atoms with E-state index in [1.807, 2.05) is 4.90 Å². The van der Waals surface area contributed by atoms with Crippen molar-refractivity contribution in [2.45, 2.75) is 37.6 Å². The van der Waals surface area contributed by atoms with Crippen LogP contribution in [-0.2, 0) is 18.0 Å². The molecular weight excluding hydrogens is 473 g/mol. The summed E-state index contributed by atoms with van der Waals surface area (Å²) >= 11 is 0. The maximum absolute atomic E-state index is 13.2. The number of hydrogen-bond donors (Lipinski definition) is 0. The molecule has 2 aliphatic rings. The predicted molar refractivity (Wildman–Crippen MR) is 128 cm³/mol. The maximum atomic E-state index is 13.2. The fourth-order valence-electron chi connectivity index (χ4n) is 4.48. The van der Waals surface area contributed by atoms with Gasteiger partial charge in [0.25, 0.3) is 11.4 Å². The van der Waals surface area contributed by atoms with E-state index in [1.54, 1.807) is 19.2 Å². The maximum Gasteiger partial charge on any atom is 0.416 e. The topological polar surface area (TPSA) is 61.0 Å². The molecule has 3 heterocycles. The number of fused-ring (bicyclic) bond motifs is 1. The van der Waals surface area contributed by atoms with Crippen molar-refractivity contribution in [3.8, 4) is 5.75 Å². The third kappa shape index (κ3) is 5.02. The quantitative estimate of drug-likeness (QED) is 0.450. The van der Waals surface area contributed by atoms with Crippen molar-refractivity contribution in [1.82, 2.24) is 9.55 Å². The zero-order chi connectivity index (χ0) is 25.4. The Kier molecular flexibility index (Phi) is 6.35. The molecule has 188 valence electrons. The number of pyridine rings is 2. The van der Waals surface area contributed by atoms with Gasteiger partial charge < -0.3 is 23.8 Å². The Morgan fingerprint density at radius 1 is 1.14 bits per heavy atom. The van der Waals surface area contributed by atoms with Gasteiger partial charge in [0, 0.05) is 32.6 Å². The molecule has 0 radical (unpaired) electrons. The van der Waals surface area contributed by atoms with Gasteiger partial charge in [0.15, 0.2) is 0 Å². The standard InChI is InChI=1S/C26H25F3N4O3/c1-30-23-9-8-19-25(31-23)20(13-24(34)32(19)2)33-11-10-21(22(14-33)35-15-16-6-7-16)36-18-5-3-4-17(12-18)26(27,28)29/h3-5,8-9,12-13,16,21-22H,6-7,10-11,14-15H2,2H3/t21-,22-/m1/s1. The van der Waals surface area contributed by atoms with Crippen molar-refractivity contribution in [2.24, 2.45) is 13.0 Å². The van der Waals surface area contributed by atoms with Crippen molar-refractivity contribution in [3.63, 3.8) is 0 Å². The molecule has 3 aromatic rings. The first-order chi connectivity index (χ1) is 17.2. The number of ether oxygens (including phenoxy) is 2. The van der Waals surface area contributed by atoms with E-state index >= 15 is 0 Å². The molecule has 0 spiro atoms. The summed E-state index contributed by atoms with van der Waals surface area (Å²) in [4.78, 5) is 22.6. The highest BCUT2D eigenvalue weighted by molar-refractivity contribution is 5.89. The van der Waals surface area contributed by atoms with Crippen molar-refractivity contribution in [3.05, 3.63) is 69.8 Å². The minimum atomic E-state index is -4.46. The number of halogens is 3. The number of hydrogen-bond acceptors (Lipinski definition) is 5. The lowest BCUT2D eigenvalue weighted by molar-refractivity contribution is -0.137. The van der Waals surface area contributed by atoms with Crippen LogP contribution in [0.25, 0.3) is 15.9 Å². The first-order valence-electron chi connectivity index (χ1n) is 11.8. The van der Waals surface area contributed by atoms with Gasteiger partial charge in [0.1, 0.15) is 18.0 Å². The first-order valence-corrected chi connectivity index (χ1v) is 11.8. The molecule has 0 amide bonds. The minimum absolute atomic E-state index is 0.144. The monoisotopic (exact) mass is 498 g/mol. The SMILES string of the molecule is [C-]#[N+]c1ccc2c(n1)c(N1CC[C@@H](Oc3cccc(C(F)(F)F)c3)[C@H](OCC3CC3)C1)cc(=O)n2C. The number of rotatable bonds is 6. The van der Waals surface area contributed by atoms with Gasteiger partial charge in [-0.2, -0.15) is 13.2 Å². The second kappa shape index (κ2) is 9.47. The summed E-state index contributed by atoms with van der Waals surface area (Å²) < 4.78 is 53.3. The molecule has 0 N–H and O–H groups in total. The number of benzene rings is 1. The molecule has 10 heteroatoms. The summed E-state index contributed by atoms with van der Waals surface area (Å²) in [5.41, 5.74) is 0.802. The van der Waals surface area contributed by atoms with E-state index < -0.39 is 23.9 Å². The van der Waals surface area contributed by atoms with E-state index in [0.717, 1.165) is 25.0 Å². The van der Waals surface area contributed by atoms with Gasteiger partial charge >= 0.3 is 6.18 Å². The van der Waals surface area contributed by atoms with Gasteiger partial charge in [-0.15, -0.1) is 4.98 Å². The largest absolute Gasteiger partial charge is 0.488 e. The summed E-state index contributed by atoms with van der Waals surface area (Å²) in [7, 11) is 1.66. The lowest BCUT2D eigenvalue weighted by atomic mass is 10.0. The number of aromatic nitrogens is 2. The summed E-state index contributed by atoms with van der Waals surface area (Å²) in [5.74, 6) is 0.861. The zero-order valence-electron chi connectivity index (χ0n) is 19.7. The van der Waals surface area contributed by atoms with E-state index in [4.69, 9.17) is 16.0 Å². The van der Waals surface area contributed by atoms with Crippen LogP contribution in [0.1, 0.15) is 24.8 Å². The molecule has 2 aromatic heterocycles. The number of alkyl halides is 3. The third-order valence-electron chi connectivity index (χ3n) is 6.70. The smallest absolute Gasteiger partial charge is 0.416 e. The van der Waals surface area contributed by atoms with E-state index in [0.29, 0.717) is 48.8 Å². The summed E-state index contributed by atoms with van der Waals surface area (Å²) in [6, 6.07) is 9.68. The van der Waals surface area contributed by atoms with Crippen LogP contribution in [0.4, 0.5) is 24.7 Å². The lowest BCUT2D eigenvalue weighted by Crippen LogP contribution is -2.51. The Balaban J connectivity index is 1.43. The Labute approximate surface area is 205 Å². The molecule has 1 saturated heterocycles. The van der Waals surface area contributed by atoms with Gasteiger partial charge in [0.2, 0.25) is 5.52 Å². The van der Waals surface area contributed by atoms with Crippen LogP contribution < -0.4 is 15.2 Å². The molecule has 1 saturated carbocycles. The molecule has 0 unspecified atom stereocenters. The van der Waals surface area contributed by atoms with E-state index in [-0.39, 0.29) is 17.1 Å². The molecular formula is C26H25F3N4O3. The highest BCUT2D eigenvalue weighted by Gasteiger charge is 2.36. The molecule has 7 nitrogen and oxygen atoms in total. The lowest BCUT2D eigenvalue weighted by Gasteiger charge is -2.39. The van der Waals surface area contributed by atoms with Gasteiger partial charge in [-0.3, -0.25) is 4.79 Å². The summed E-state index contributed by atoms with van der Waals surface area (Å²) in [5, 5.41) is 0. The summed E-state index contributed by atoms with van der Waals surface area (Å²) in [6.07, 6.45) is -2.66. The molecule has 2 fully saturated rings. The highest BCUT2D eigenvalue weighted by atomic mass is 19.4. The highest BCUT2D eigenvalue weighted by Crippen LogP contribution is 2.35. The Hall–Kier alpha value is -3.58. The van der Waals surface area contributed by atoms with Crippen LogP contribution in [0.2, 0.25) is 0 Å². The van der Waals surface area contributed by atoms with E-state index in [1.165, 1.54) is 22.8 Å². The second-order valence-corrected chi connectivity index (χ2v) is 9.31. The zero-order valence-corrected chi connectivity index (χ0v) is 19.7. The minimum Gasteiger partial charge on any atom is -0.488 e. The van der Waals surface area contributed by atoms with Gasteiger partial charge in [-0.1, -0.05) is 12.6 Å². The normalized spacial score (nSPS) is 20.4. The van der Waals surface area contributed by atoms with Crippen LogP contribution >= 0.6 is 0 Å². The number of aryl methyl sites for hydroxylation is 1. The number of nitrogens with zero attached hydrogens (tertiary/aromatic N) is 4. The average Bonchev–Trinajstić information content (AvgIpc) is 3.69. The molecule has 1 aliphatic heterocycles. The Bertz CT molecular complexity index is 1380. The number of anilines is 1. The molecule has 1 aliphatic carbocycles. The van der Waals surface area contributed by atoms with Gasteiger partial charge in [0.05, 0.1) is 23.4 Å². The fraction of sp³-hybridized carbons (Fsp3) is 0.423. The van der Waals surface area contributed by atoms with E-state index in [2.05, 4.69) is 9.83 Å².